The highest BCUT2D eigenvalue weighted by Crippen LogP contribution is 2.34. The molecule has 3 aromatic rings. The highest BCUT2D eigenvalue weighted by Gasteiger charge is 2.26. The molecular formula is C24H30N6O6S3. The molecule has 15 heteroatoms. The lowest BCUT2D eigenvalue weighted by Crippen LogP contribution is -2.30. The topological polar surface area (TPSA) is 167 Å². The van der Waals surface area contributed by atoms with Crippen LogP contribution < -0.4 is 11.2 Å². The summed E-state index contributed by atoms with van der Waals surface area (Å²) >= 11 is 2.01. The summed E-state index contributed by atoms with van der Waals surface area (Å²) in [5.74, 6) is 4.97. The molecular weight excluding hydrogens is 565 g/mol. The molecule has 1 aromatic carbocycles. The van der Waals surface area contributed by atoms with Crippen molar-refractivity contribution in [1.82, 2.24) is 19.2 Å². The number of hydrogen-bond donors (Lipinski definition) is 2. The number of ketones is 1. The smallest absolute Gasteiger partial charge is 0.341 e. The molecule has 0 radical (unpaired) electrons. The number of amides is 1. The van der Waals surface area contributed by atoms with E-state index in [9.17, 15) is 22.8 Å². The minimum absolute atomic E-state index is 0.105. The maximum absolute atomic E-state index is 12.9. The number of carbonyl (C=O) groups is 3. The minimum atomic E-state index is -3.69. The number of benzene rings is 1. The van der Waals surface area contributed by atoms with Crippen LogP contribution in [0, 0.1) is 6.92 Å². The van der Waals surface area contributed by atoms with Gasteiger partial charge in [-0.2, -0.15) is 4.31 Å². The number of Topliss-reactive ketones (excluding diaryl/α,β-unsaturated/α-hetero) is 1. The predicted octanol–water partition coefficient (Wildman–Crippen LogP) is 3.17. The van der Waals surface area contributed by atoms with E-state index in [-0.39, 0.29) is 44.6 Å². The van der Waals surface area contributed by atoms with Crippen LogP contribution in [-0.4, -0.2) is 70.7 Å². The van der Waals surface area contributed by atoms with E-state index >= 15 is 0 Å². The fourth-order valence-corrected chi connectivity index (χ4v) is 7.03. The second kappa shape index (κ2) is 12.7. The molecule has 2 aromatic heterocycles. The van der Waals surface area contributed by atoms with Crippen molar-refractivity contribution in [2.75, 3.05) is 36.6 Å². The van der Waals surface area contributed by atoms with Gasteiger partial charge in [0.15, 0.2) is 11.6 Å². The molecule has 0 spiro atoms. The largest absolute Gasteiger partial charge is 0.462 e. The normalized spacial score (nSPS) is 11.5. The molecule has 0 saturated carbocycles. The molecule has 0 fully saturated rings. The van der Waals surface area contributed by atoms with Crippen LogP contribution in [0.3, 0.4) is 0 Å². The van der Waals surface area contributed by atoms with Gasteiger partial charge in [-0.1, -0.05) is 37.7 Å². The van der Waals surface area contributed by atoms with Crippen LogP contribution in [-0.2, 0) is 19.6 Å². The Labute approximate surface area is 234 Å². The first kappa shape index (κ1) is 30.3. The van der Waals surface area contributed by atoms with E-state index in [2.05, 4.69) is 15.5 Å². The second-order valence-electron chi connectivity index (χ2n) is 8.17. The molecule has 12 nitrogen and oxygen atoms in total. The Kier molecular flexibility index (Phi) is 9.88. The van der Waals surface area contributed by atoms with Crippen molar-refractivity contribution in [3.63, 3.8) is 0 Å². The van der Waals surface area contributed by atoms with E-state index in [0.29, 0.717) is 29.1 Å². The first-order chi connectivity index (χ1) is 18.5. The summed E-state index contributed by atoms with van der Waals surface area (Å²) in [6.07, 6.45) is 0. The Balaban J connectivity index is 1.78. The Hall–Kier alpha value is -3.27. The summed E-state index contributed by atoms with van der Waals surface area (Å²) in [4.78, 5) is 37.6. The molecule has 0 bridgehead atoms. The van der Waals surface area contributed by atoms with E-state index in [4.69, 9.17) is 10.6 Å². The number of ether oxygens (including phenoxy) is 1. The third kappa shape index (κ3) is 6.49. The number of rotatable bonds is 12. The number of carbonyl (C=O) groups excluding carboxylic acids is 3. The van der Waals surface area contributed by atoms with Gasteiger partial charge in [-0.25, -0.2) is 17.9 Å². The fourth-order valence-electron chi connectivity index (χ4n) is 3.76. The predicted molar refractivity (Wildman–Crippen MR) is 150 cm³/mol. The van der Waals surface area contributed by atoms with Gasteiger partial charge in [-0.3, -0.25) is 9.59 Å². The maximum atomic E-state index is 12.9. The van der Waals surface area contributed by atoms with Crippen LogP contribution in [0.1, 0.15) is 53.3 Å². The van der Waals surface area contributed by atoms with Crippen LogP contribution in [0.15, 0.2) is 34.3 Å². The zero-order chi connectivity index (χ0) is 28.9. The van der Waals surface area contributed by atoms with Crippen molar-refractivity contribution in [3.8, 4) is 11.4 Å². The number of hydrogen-bond acceptors (Lipinski definition) is 11. The van der Waals surface area contributed by atoms with Gasteiger partial charge >= 0.3 is 5.97 Å². The van der Waals surface area contributed by atoms with Gasteiger partial charge in [0.2, 0.25) is 21.1 Å². The number of thiophene rings is 1. The van der Waals surface area contributed by atoms with Crippen molar-refractivity contribution >= 4 is 55.8 Å². The lowest BCUT2D eigenvalue weighted by atomic mass is 10.1. The van der Waals surface area contributed by atoms with E-state index in [1.165, 1.54) is 28.0 Å². The van der Waals surface area contributed by atoms with Gasteiger partial charge in [0.1, 0.15) is 5.00 Å². The number of sulfonamides is 1. The lowest BCUT2D eigenvalue weighted by Gasteiger charge is -2.18. The molecule has 1 amide bonds. The quantitative estimate of drug-likeness (QED) is 0.138. The summed E-state index contributed by atoms with van der Waals surface area (Å²) in [6, 6.07) is 6.24. The Morgan fingerprint density at radius 3 is 2.49 bits per heavy atom. The molecule has 0 unspecified atom stereocenters. The molecule has 0 atom stereocenters. The summed E-state index contributed by atoms with van der Waals surface area (Å²) in [5, 5.41) is 11.2. The zero-order valence-corrected chi connectivity index (χ0v) is 24.6. The number of anilines is 1. The number of esters is 1. The highest BCUT2D eigenvalue weighted by atomic mass is 32.2. The van der Waals surface area contributed by atoms with Crippen LogP contribution in [0.2, 0.25) is 0 Å². The van der Waals surface area contributed by atoms with E-state index in [0.717, 1.165) is 23.1 Å². The minimum Gasteiger partial charge on any atom is -0.462 e. The van der Waals surface area contributed by atoms with Crippen molar-refractivity contribution in [2.45, 2.75) is 44.7 Å². The van der Waals surface area contributed by atoms with E-state index in [1.54, 1.807) is 39.8 Å². The number of nitrogens with two attached hydrogens (primary N) is 1. The molecule has 3 N–H and O–H groups in total. The molecule has 0 aliphatic carbocycles. The van der Waals surface area contributed by atoms with Gasteiger partial charge < -0.3 is 15.9 Å². The van der Waals surface area contributed by atoms with Crippen molar-refractivity contribution in [3.05, 3.63) is 40.3 Å². The van der Waals surface area contributed by atoms with Gasteiger partial charge in [-0.05, 0) is 38.5 Å². The van der Waals surface area contributed by atoms with Crippen molar-refractivity contribution < 1.29 is 27.5 Å². The summed E-state index contributed by atoms with van der Waals surface area (Å²) in [5.41, 5.74) is 1.04. The SMILES string of the molecule is CCOC(=O)c1c(NC(=O)CSc2nnc(-c3cccc(S(=O)(=O)N(CC)CC)c3)n2N)sc(C(C)=O)c1C. The maximum Gasteiger partial charge on any atom is 0.341 e. The van der Waals surface area contributed by atoms with Gasteiger partial charge in [-0.15, -0.1) is 21.5 Å². The highest BCUT2D eigenvalue weighted by molar-refractivity contribution is 7.99. The second-order valence-corrected chi connectivity index (χ2v) is 12.1. The van der Waals surface area contributed by atoms with Crippen LogP contribution in [0.5, 0.6) is 0 Å². The molecule has 3 rings (SSSR count). The van der Waals surface area contributed by atoms with E-state index < -0.39 is 21.9 Å². The first-order valence-corrected chi connectivity index (χ1v) is 15.2. The molecule has 210 valence electrons. The Bertz CT molecular complexity index is 1490. The average Bonchev–Trinajstić information content (AvgIpc) is 3.42. The van der Waals surface area contributed by atoms with Crippen molar-refractivity contribution in [1.29, 1.82) is 0 Å². The number of nitrogen functional groups attached to an aromatic ring is 1. The molecule has 0 aliphatic rings. The van der Waals surface area contributed by atoms with Crippen molar-refractivity contribution in [2.24, 2.45) is 0 Å². The molecule has 0 saturated heterocycles. The van der Waals surface area contributed by atoms with Gasteiger partial charge in [0.05, 0.1) is 27.7 Å². The summed E-state index contributed by atoms with van der Waals surface area (Å²) in [7, 11) is -3.69. The number of nitrogens with zero attached hydrogens (tertiary/aromatic N) is 4. The fraction of sp³-hybridized carbons (Fsp3) is 0.375. The van der Waals surface area contributed by atoms with Crippen LogP contribution in [0.4, 0.5) is 5.00 Å². The first-order valence-electron chi connectivity index (χ1n) is 12.0. The number of thioether (sulfide) groups is 1. The number of nitrogens with one attached hydrogen (secondary N) is 1. The molecule has 0 aliphatic heterocycles. The summed E-state index contributed by atoms with van der Waals surface area (Å²) < 4.78 is 33.4. The standard InChI is InChI=1S/C24H30N6O6S3/c1-6-29(7-2)39(34,35)17-11-9-10-16(12-17)21-27-28-24(30(21)25)37-13-18(32)26-22-19(23(33)36-8-3)14(4)20(38-22)15(5)31/h9-12H,6-8,13,25H2,1-5H3,(H,26,32). The van der Waals surface area contributed by atoms with Gasteiger partial charge in [0, 0.05) is 18.7 Å². The van der Waals surface area contributed by atoms with E-state index in [1.807, 2.05) is 0 Å². The average molecular weight is 595 g/mol. The van der Waals surface area contributed by atoms with Crippen LogP contribution in [0.25, 0.3) is 11.4 Å². The third-order valence-corrected chi connectivity index (χ3v) is 9.93. The molecule has 2 heterocycles. The Morgan fingerprint density at radius 2 is 1.87 bits per heavy atom. The monoisotopic (exact) mass is 594 g/mol. The van der Waals surface area contributed by atoms with Crippen LogP contribution >= 0.6 is 23.1 Å². The zero-order valence-electron chi connectivity index (χ0n) is 22.2. The van der Waals surface area contributed by atoms with Gasteiger partial charge in [0.25, 0.3) is 0 Å². The molecule has 39 heavy (non-hydrogen) atoms. The summed E-state index contributed by atoms with van der Waals surface area (Å²) in [6.45, 7) is 9.02. The number of aromatic nitrogens is 3. The lowest BCUT2D eigenvalue weighted by molar-refractivity contribution is -0.113. The Morgan fingerprint density at radius 1 is 1.18 bits per heavy atom. The third-order valence-electron chi connectivity index (χ3n) is 5.63.